The lowest BCUT2D eigenvalue weighted by molar-refractivity contribution is 0.325. The summed E-state index contributed by atoms with van der Waals surface area (Å²) in [6.07, 6.45) is 0. The lowest BCUT2D eigenvalue weighted by Crippen LogP contribution is -2.28. The minimum absolute atomic E-state index is 0.994. The Bertz CT molecular complexity index is 326. The average molecular weight is 285 g/mol. The van der Waals surface area contributed by atoms with Crippen molar-refractivity contribution in [3.63, 3.8) is 0 Å². The van der Waals surface area contributed by atoms with Crippen LogP contribution in [0, 0.1) is 6.92 Å². The highest BCUT2D eigenvalue weighted by atomic mass is 79.9. The first-order valence-electron chi connectivity index (χ1n) is 5.77. The number of halogens is 1. The molecule has 0 aliphatic carbocycles. The van der Waals surface area contributed by atoms with Gasteiger partial charge in [0.2, 0.25) is 0 Å². The summed E-state index contributed by atoms with van der Waals surface area (Å²) >= 11 is 3.60. The normalized spacial score (nSPS) is 11.1. The molecule has 1 N–H and O–H groups in total. The molecule has 0 amide bonds. The number of rotatable bonds is 6. The fourth-order valence-corrected chi connectivity index (χ4v) is 2.01. The molecule has 0 aliphatic rings. The summed E-state index contributed by atoms with van der Waals surface area (Å²) in [5, 5.41) is 3.34. The summed E-state index contributed by atoms with van der Waals surface area (Å²) < 4.78 is 1.20. The zero-order chi connectivity index (χ0) is 12.0. The first-order chi connectivity index (χ1) is 7.63. The standard InChI is InChI=1S/C13H21BrN2/c1-4-15-7-8-16(3)10-12-9-11(2)5-6-13(12)14/h5-6,9,15H,4,7-8,10H2,1-3H3. The highest BCUT2D eigenvalue weighted by Gasteiger charge is 2.04. The molecule has 0 heterocycles. The van der Waals surface area contributed by atoms with Crippen molar-refractivity contribution in [2.24, 2.45) is 0 Å². The molecule has 0 aromatic heterocycles. The van der Waals surface area contributed by atoms with Gasteiger partial charge in [-0.1, -0.05) is 40.5 Å². The number of nitrogens with zero attached hydrogens (tertiary/aromatic N) is 1. The maximum atomic E-state index is 3.60. The second-order valence-electron chi connectivity index (χ2n) is 4.19. The van der Waals surface area contributed by atoms with Gasteiger partial charge in [-0.05, 0) is 32.1 Å². The van der Waals surface area contributed by atoms with Crippen LogP contribution in [0.3, 0.4) is 0 Å². The molecular weight excluding hydrogens is 264 g/mol. The third kappa shape index (κ3) is 4.64. The number of aryl methyl sites for hydroxylation is 1. The predicted molar refractivity (Wildman–Crippen MR) is 73.8 cm³/mol. The van der Waals surface area contributed by atoms with Crippen LogP contribution >= 0.6 is 15.9 Å². The van der Waals surface area contributed by atoms with Crippen LogP contribution in [0.4, 0.5) is 0 Å². The van der Waals surface area contributed by atoms with E-state index in [1.54, 1.807) is 0 Å². The fraction of sp³-hybridized carbons (Fsp3) is 0.538. The molecule has 0 fully saturated rings. The van der Waals surface area contributed by atoms with E-state index in [4.69, 9.17) is 0 Å². The summed E-state index contributed by atoms with van der Waals surface area (Å²) in [6.45, 7) is 8.44. The Hall–Kier alpha value is -0.380. The van der Waals surface area contributed by atoms with Crippen LogP contribution in [0.1, 0.15) is 18.1 Å². The second-order valence-corrected chi connectivity index (χ2v) is 5.04. The number of hydrogen-bond donors (Lipinski definition) is 1. The van der Waals surface area contributed by atoms with Crippen molar-refractivity contribution in [1.82, 2.24) is 10.2 Å². The van der Waals surface area contributed by atoms with Gasteiger partial charge in [-0.2, -0.15) is 0 Å². The van der Waals surface area contributed by atoms with Crippen molar-refractivity contribution in [2.45, 2.75) is 20.4 Å². The number of hydrogen-bond acceptors (Lipinski definition) is 2. The third-order valence-corrected chi connectivity index (χ3v) is 3.34. The Morgan fingerprint density at radius 2 is 2.12 bits per heavy atom. The highest BCUT2D eigenvalue weighted by Crippen LogP contribution is 2.19. The van der Waals surface area contributed by atoms with Crippen molar-refractivity contribution in [1.29, 1.82) is 0 Å². The summed E-state index contributed by atoms with van der Waals surface area (Å²) in [4.78, 5) is 2.34. The molecule has 0 saturated carbocycles. The fourth-order valence-electron chi connectivity index (χ4n) is 1.64. The molecule has 1 aromatic carbocycles. The molecule has 0 radical (unpaired) electrons. The van der Waals surface area contributed by atoms with Crippen LogP contribution in [0.2, 0.25) is 0 Å². The smallest absolute Gasteiger partial charge is 0.0242 e. The van der Waals surface area contributed by atoms with E-state index in [-0.39, 0.29) is 0 Å². The van der Waals surface area contributed by atoms with Gasteiger partial charge in [0.1, 0.15) is 0 Å². The topological polar surface area (TPSA) is 15.3 Å². The summed E-state index contributed by atoms with van der Waals surface area (Å²) in [7, 11) is 2.16. The zero-order valence-electron chi connectivity index (χ0n) is 10.4. The van der Waals surface area contributed by atoms with Crippen LogP contribution in [0.25, 0.3) is 0 Å². The van der Waals surface area contributed by atoms with Gasteiger partial charge in [-0.3, -0.25) is 0 Å². The van der Waals surface area contributed by atoms with Gasteiger partial charge in [-0.25, -0.2) is 0 Å². The van der Waals surface area contributed by atoms with E-state index < -0.39 is 0 Å². The highest BCUT2D eigenvalue weighted by molar-refractivity contribution is 9.10. The average Bonchev–Trinajstić information content (AvgIpc) is 2.24. The molecule has 16 heavy (non-hydrogen) atoms. The molecular formula is C13H21BrN2. The van der Waals surface area contributed by atoms with E-state index in [0.717, 1.165) is 26.2 Å². The number of benzene rings is 1. The Morgan fingerprint density at radius 3 is 2.81 bits per heavy atom. The van der Waals surface area contributed by atoms with Crippen molar-refractivity contribution in [2.75, 3.05) is 26.7 Å². The maximum absolute atomic E-state index is 3.60. The molecule has 1 rings (SSSR count). The van der Waals surface area contributed by atoms with Crippen molar-refractivity contribution < 1.29 is 0 Å². The third-order valence-electron chi connectivity index (χ3n) is 2.56. The lowest BCUT2D eigenvalue weighted by atomic mass is 10.1. The summed E-state index contributed by atoms with van der Waals surface area (Å²) in [6, 6.07) is 6.50. The maximum Gasteiger partial charge on any atom is 0.0242 e. The molecule has 0 bridgehead atoms. The van der Waals surface area contributed by atoms with Crippen molar-refractivity contribution >= 4 is 15.9 Å². The van der Waals surface area contributed by atoms with Gasteiger partial charge in [-0.15, -0.1) is 0 Å². The van der Waals surface area contributed by atoms with E-state index in [9.17, 15) is 0 Å². The second kappa shape index (κ2) is 7.05. The van der Waals surface area contributed by atoms with Gasteiger partial charge >= 0.3 is 0 Å². The molecule has 0 unspecified atom stereocenters. The number of likely N-dealkylation sites (N-methyl/N-ethyl adjacent to an activating group) is 2. The van der Waals surface area contributed by atoms with E-state index >= 15 is 0 Å². The molecule has 0 aliphatic heterocycles. The van der Waals surface area contributed by atoms with Crippen molar-refractivity contribution in [3.05, 3.63) is 33.8 Å². The van der Waals surface area contributed by atoms with Gasteiger partial charge in [0.15, 0.2) is 0 Å². The van der Waals surface area contributed by atoms with E-state index in [1.165, 1.54) is 15.6 Å². The minimum Gasteiger partial charge on any atom is -0.316 e. The van der Waals surface area contributed by atoms with E-state index in [2.05, 4.69) is 65.2 Å². The SMILES string of the molecule is CCNCCN(C)Cc1cc(C)ccc1Br. The quantitative estimate of drug-likeness (QED) is 0.809. The van der Waals surface area contributed by atoms with Crippen LogP contribution in [0.5, 0.6) is 0 Å². The van der Waals surface area contributed by atoms with Gasteiger partial charge in [0.05, 0.1) is 0 Å². The molecule has 2 nitrogen and oxygen atoms in total. The Kier molecular flexibility index (Phi) is 6.03. The van der Waals surface area contributed by atoms with E-state index in [1.807, 2.05) is 0 Å². The van der Waals surface area contributed by atoms with Crippen molar-refractivity contribution in [3.8, 4) is 0 Å². The first kappa shape index (κ1) is 13.7. The lowest BCUT2D eigenvalue weighted by Gasteiger charge is -2.18. The number of nitrogens with one attached hydrogen (secondary N) is 1. The first-order valence-corrected chi connectivity index (χ1v) is 6.57. The molecule has 1 aromatic rings. The molecule has 0 atom stereocenters. The van der Waals surface area contributed by atoms with E-state index in [0.29, 0.717) is 0 Å². The molecule has 0 spiro atoms. The predicted octanol–water partition coefficient (Wildman–Crippen LogP) is 2.80. The summed E-state index contributed by atoms with van der Waals surface area (Å²) in [5.41, 5.74) is 2.68. The zero-order valence-corrected chi connectivity index (χ0v) is 12.0. The Balaban J connectivity index is 2.48. The van der Waals surface area contributed by atoms with Crippen LogP contribution < -0.4 is 5.32 Å². The Labute approximate surface area is 107 Å². The van der Waals surface area contributed by atoms with Gasteiger partial charge < -0.3 is 10.2 Å². The van der Waals surface area contributed by atoms with Crippen LogP contribution in [0.15, 0.2) is 22.7 Å². The van der Waals surface area contributed by atoms with Crippen LogP contribution in [-0.2, 0) is 6.54 Å². The monoisotopic (exact) mass is 284 g/mol. The largest absolute Gasteiger partial charge is 0.316 e. The minimum atomic E-state index is 0.994. The van der Waals surface area contributed by atoms with Gasteiger partial charge in [0.25, 0.3) is 0 Å². The Morgan fingerprint density at radius 1 is 1.38 bits per heavy atom. The molecule has 90 valence electrons. The van der Waals surface area contributed by atoms with Crippen LogP contribution in [-0.4, -0.2) is 31.6 Å². The molecule has 3 heteroatoms. The van der Waals surface area contributed by atoms with Gasteiger partial charge in [0, 0.05) is 24.1 Å². The molecule has 0 saturated heterocycles. The summed E-state index contributed by atoms with van der Waals surface area (Å²) in [5.74, 6) is 0.